The van der Waals surface area contributed by atoms with Crippen molar-refractivity contribution in [2.75, 3.05) is 26.7 Å². The zero-order valence-corrected chi connectivity index (χ0v) is 10.1. The molecule has 18 heavy (non-hydrogen) atoms. The number of carbonyl (C=O) groups is 2. The summed E-state index contributed by atoms with van der Waals surface area (Å²) in [5.41, 5.74) is 0.480. The number of hydrogen-bond donors (Lipinski definition) is 1. The number of methoxy groups -OCH3 is 1. The van der Waals surface area contributed by atoms with Gasteiger partial charge in [0.05, 0.1) is 12.7 Å². The average molecular weight is 249 g/mol. The molecule has 0 radical (unpaired) electrons. The van der Waals surface area contributed by atoms with Crippen molar-refractivity contribution in [3.8, 4) is 0 Å². The second kappa shape index (κ2) is 5.59. The van der Waals surface area contributed by atoms with Gasteiger partial charge in [-0.2, -0.15) is 0 Å². The summed E-state index contributed by atoms with van der Waals surface area (Å²) in [7, 11) is 1.32. The van der Waals surface area contributed by atoms with Gasteiger partial charge in [-0.3, -0.25) is 9.78 Å². The van der Waals surface area contributed by atoms with E-state index in [0.29, 0.717) is 25.2 Å². The fourth-order valence-electron chi connectivity index (χ4n) is 1.95. The van der Waals surface area contributed by atoms with Crippen molar-refractivity contribution in [3.63, 3.8) is 0 Å². The van der Waals surface area contributed by atoms with E-state index in [2.05, 4.69) is 10.3 Å². The number of carbonyl (C=O) groups excluding carboxylic acids is 2. The van der Waals surface area contributed by atoms with E-state index < -0.39 is 12.0 Å². The summed E-state index contributed by atoms with van der Waals surface area (Å²) in [5, 5.41) is 3.08. The second-order valence-electron chi connectivity index (χ2n) is 3.98. The number of aromatic nitrogens is 1. The van der Waals surface area contributed by atoms with Crippen molar-refractivity contribution in [1.82, 2.24) is 15.2 Å². The molecule has 0 aliphatic carbocycles. The fourth-order valence-corrected chi connectivity index (χ4v) is 1.95. The van der Waals surface area contributed by atoms with Gasteiger partial charge in [0, 0.05) is 32.0 Å². The van der Waals surface area contributed by atoms with Gasteiger partial charge < -0.3 is 15.0 Å². The Morgan fingerprint density at radius 3 is 3.06 bits per heavy atom. The Morgan fingerprint density at radius 2 is 2.39 bits per heavy atom. The third-order valence-corrected chi connectivity index (χ3v) is 2.89. The second-order valence-corrected chi connectivity index (χ2v) is 3.98. The summed E-state index contributed by atoms with van der Waals surface area (Å²) < 4.78 is 4.72. The molecule has 1 atom stereocenters. The predicted octanol–water partition coefficient (Wildman–Crippen LogP) is -0.331. The molecule has 2 rings (SSSR count). The SMILES string of the molecule is COC(=O)C1CNCCN1C(=O)c1cccnc1. The number of ether oxygens (including phenoxy) is 1. The van der Waals surface area contributed by atoms with E-state index in [0.717, 1.165) is 0 Å². The lowest BCUT2D eigenvalue weighted by Crippen LogP contribution is -2.57. The first kappa shape index (κ1) is 12.5. The average Bonchev–Trinajstić information content (AvgIpc) is 2.46. The number of rotatable bonds is 2. The molecule has 0 spiro atoms. The van der Waals surface area contributed by atoms with Gasteiger partial charge in [-0.25, -0.2) is 4.79 Å². The lowest BCUT2D eigenvalue weighted by molar-refractivity contribution is -0.146. The summed E-state index contributed by atoms with van der Waals surface area (Å²) in [6.45, 7) is 1.56. The van der Waals surface area contributed by atoms with Crippen molar-refractivity contribution in [3.05, 3.63) is 30.1 Å². The predicted molar refractivity (Wildman–Crippen MR) is 63.9 cm³/mol. The molecule has 1 fully saturated rings. The molecule has 2 heterocycles. The van der Waals surface area contributed by atoms with Crippen LogP contribution in [0.4, 0.5) is 0 Å². The van der Waals surface area contributed by atoms with Crippen LogP contribution in [0.1, 0.15) is 10.4 Å². The quantitative estimate of drug-likeness (QED) is 0.727. The van der Waals surface area contributed by atoms with E-state index >= 15 is 0 Å². The smallest absolute Gasteiger partial charge is 0.329 e. The van der Waals surface area contributed by atoms with Crippen LogP contribution in [-0.2, 0) is 9.53 Å². The molecule has 0 aromatic carbocycles. The molecule has 6 heteroatoms. The maximum absolute atomic E-state index is 12.3. The Kier molecular flexibility index (Phi) is 3.88. The maximum Gasteiger partial charge on any atom is 0.329 e. The molecule has 1 aliphatic heterocycles. The molecule has 1 amide bonds. The zero-order chi connectivity index (χ0) is 13.0. The highest BCUT2D eigenvalue weighted by molar-refractivity contribution is 5.96. The fraction of sp³-hybridized carbons (Fsp3) is 0.417. The van der Waals surface area contributed by atoms with Crippen molar-refractivity contribution >= 4 is 11.9 Å². The topological polar surface area (TPSA) is 71.5 Å². The molecule has 1 unspecified atom stereocenters. The molecular weight excluding hydrogens is 234 g/mol. The third-order valence-electron chi connectivity index (χ3n) is 2.89. The molecule has 6 nitrogen and oxygen atoms in total. The van der Waals surface area contributed by atoms with Gasteiger partial charge in [-0.1, -0.05) is 0 Å². The maximum atomic E-state index is 12.3. The molecule has 1 aliphatic rings. The van der Waals surface area contributed by atoms with Gasteiger partial charge in [-0.05, 0) is 12.1 Å². The van der Waals surface area contributed by atoms with E-state index in [9.17, 15) is 9.59 Å². The zero-order valence-electron chi connectivity index (χ0n) is 10.1. The third kappa shape index (κ3) is 2.48. The van der Waals surface area contributed by atoms with Gasteiger partial charge in [0.2, 0.25) is 0 Å². The van der Waals surface area contributed by atoms with E-state index in [4.69, 9.17) is 4.74 Å². The Bertz CT molecular complexity index is 435. The molecule has 1 N–H and O–H groups in total. The van der Waals surface area contributed by atoms with E-state index in [1.807, 2.05) is 0 Å². The minimum atomic E-state index is -0.573. The first-order chi connectivity index (χ1) is 8.74. The summed E-state index contributed by atoms with van der Waals surface area (Å²) >= 11 is 0. The van der Waals surface area contributed by atoms with Gasteiger partial charge >= 0.3 is 5.97 Å². The molecule has 1 saturated heterocycles. The Morgan fingerprint density at radius 1 is 1.56 bits per heavy atom. The number of piperazine rings is 1. The van der Waals surface area contributed by atoms with Crippen LogP contribution in [0.2, 0.25) is 0 Å². The molecular formula is C12H15N3O3. The number of nitrogens with one attached hydrogen (secondary N) is 1. The highest BCUT2D eigenvalue weighted by atomic mass is 16.5. The highest BCUT2D eigenvalue weighted by Gasteiger charge is 2.33. The van der Waals surface area contributed by atoms with Crippen LogP contribution < -0.4 is 5.32 Å². The van der Waals surface area contributed by atoms with Gasteiger partial charge in [-0.15, -0.1) is 0 Å². The van der Waals surface area contributed by atoms with Crippen LogP contribution in [0.25, 0.3) is 0 Å². The van der Waals surface area contributed by atoms with E-state index in [1.165, 1.54) is 18.2 Å². The standard InChI is InChI=1S/C12H15N3O3/c1-18-12(17)10-8-14-5-6-15(10)11(16)9-3-2-4-13-7-9/h2-4,7,10,14H,5-6,8H2,1H3. The minimum Gasteiger partial charge on any atom is -0.467 e. The molecule has 96 valence electrons. The number of pyridine rings is 1. The van der Waals surface area contributed by atoms with E-state index in [-0.39, 0.29) is 5.91 Å². The van der Waals surface area contributed by atoms with Crippen molar-refractivity contribution in [2.24, 2.45) is 0 Å². The number of esters is 1. The highest BCUT2D eigenvalue weighted by Crippen LogP contribution is 2.10. The Labute approximate surface area is 105 Å². The van der Waals surface area contributed by atoms with E-state index in [1.54, 1.807) is 18.3 Å². The summed E-state index contributed by atoms with van der Waals surface area (Å²) in [5.74, 6) is -0.598. The van der Waals surface area contributed by atoms with Gasteiger partial charge in [0.15, 0.2) is 0 Å². The Balaban J connectivity index is 2.19. The van der Waals surface area contributed by atoms with Crippen LogP contribution in [0, 0.1) is 0 Å². The number of hydrogen-bond acceptors (Lipinski definition) is 5. The molecule has 1 aromatic rings. The summed E-state index contributed by atoms with van der Waals surface area (Å²) in [6, 6.07) is 2.81. The van der Waals surface area contributed by atoms with Crippen LogP contribution in [0.5, 0.6) is 0 Å². The molecule has 0 bridgehead atoms. The van der Waals surface area contributed by atoms with Crippen LogP contribution in [-0.4, -0.2) is 54.5 Å². The monoisotopic (exact) mass is 249 g/mol. The molecule has 1 aromatic heterocycles. The van der Waals surface area contributed by atoms with Crippen molar-refractivity contribution < 1.29 is 14.3 Å². The summed E-state index contributed by atoms with van der Waals surface area (Å²) in [4.78, 5) is 29.4. The van der Waals surface area contributed by atoms with Crippen LogP contribution in [0.3, 0.4) is 0 Å². The van der Waals surface area contributed by atoms with Gasteiger partial charge in [0.25, 0.3) is 5.91 Å². The number of amides is 1. The molecule has 0 saturated carbocycles. The summed E-state index contributed by atoms with van der Waals surface area (Å²) in [6.07, 6.45) is 3.10. The number of nitrogens with zero attached hydrogens (tertiary/aromatic N) is 2. The van der Waals surface area contributed by atoms with Crippen molar-refractivity contribution in [2.45, 2.75) is 6.04 Å². The first-order valence-electron chi connectivity index (χ1n) is 5.73. The largest absolute Gasteiger partial charge is 0.467 e. The van der Waals surface area contributed by atoms with Crippen LogP contribution in [0.15, 0.2) is 24.5 Å². The lowest BCUT2D eigenvalue weighted by atomic mass is 10.1. The minimum absolute atomic E-state index is 0.194. The lowest BCUT2D eigenvalue weighted by Gasteiger charge is -2.34. The normalized spacial score (nSPS) is 19.4. The van der Waals surface area contributed by atoms with Crippen molar-refractivity contribution in [1.29, 1.82) is 0 Å². The Hall–Kier alpha value is -1.95. The first-order valence-corrected chi connectivity index (χ1v) is 5.73. The van der Waals surface area contributed by atoms with Crippen LogP contribution >= 0.6 is 0 Å². The van der Waals surface area contributed by atoms with Gasteiger partial charge in [0.1, 0.15) is 6.04 Å².